The lowest BCUT2D eigenvalue weighted by atomic mass is 10.0. The van der Waals surface area contributed by atoms with E-state index >= 15 is 0 Å². The molecule has 0 unspecified atom stereocenters. The lowest BCUT2D eigenvalue weighted by molar-refractivity contribution is -0.130. The molecule has 3 nitrogen and oxygen atoms in total. The number of halogens is 1. The van der Waals surface area contributed by atoms with Gasteiger partial charge in [0.1, 0.15) is 5.57 Å². The minimum atomic E-state index is -1.02. The van der Waals surface area contributed by atoms with Crippen molar-refractivity contribution < 1.29 is 14.6 Å². The van der Waals surface area contributed by atoms with Crippen LogP contribution in [0.1, 0.15) is 16.0 Å². The minimum absolute atomic E-state index is 0.124. The van der Waals surface area contributed by atoms with E-state index < -0.39 is 5.97 Å². The number of hydrogen-bond acceptors (Lipinski definition) is 3. The number of aliphatic carboxylic acids is 1. The zero-order chi connectivity index (χ0) is 16.7. The molecule has 5 heteroatoms. The van der Waals surface area contributed by atoms with Gasteiger partial charge in [-0.2, -0.15) is 0 Å². The molecule has 0 aliphatic rings. The normalized spacial score (nSPS) is 12.2. The molecule has 23 heavy (non-hydrogen) atoms. The summed E-state index contributed by atoms with van der Waals surface area (Å²) in [5.41, 5.74) is 1.56. The number of carboxylic acid groups (broad SMARTS) is 1. The van der Waals surface area contributed by atoms with Crippen molar-refractivity contribution in [3.8, 4) is 0 Å². The molecule has 2 rings (SSSR count). The Bertz CT molecular complexity index is 772. The Hall–Kier alpha value is -2.11. The van der Waals surface area contributed by atoms with Crippen molar-refractivity contribution >= 4 is 51.0 Å². The van der Waals surface area contributed by atoms with Crippen LogP contribution in [0, 0.1) is 0 Å². The molecule has 0 spiro atoms. The Labute approximate surface area is 147 Å². The van der Waals surface area contributed by atoms with Gasteiger partial charge in [0.25, 0.3) is 0 Å². The summed E-state index contributed by atoms with van der Waals surface area (Å²) in [6, 6.07) is 11.3. The number of rotatable bonds is 6. The number of thiophene rings is 1. The summed E-state index contributed by atoms with van der Waals surface area (Å²) in [6.45, 7) is 0. The molecule has 0 saturated heterocycles. The fourth-order valence-electron chi connectivity index (χ4n) is 1.96. The molecule has 0 fully saturated rings. The van der Waals surface area contributed by atoms with Crippen LogP contribution in [-0.4, -0.2) is 18.2 Å². The van der Waals surface area contributed by atoms with E-state index in [1.807, 2.05) is 48.6 Å². The van der Waals surface area contributed by atoms with Gasteiger partial charge >= 0.3 is 5.97 Å². The summed E-state index contributed by atoms with van der Waals surface area (Å²) in [5.74, 6) is -1.02. The Morgan fingerprint density at radius 2 is 1.91 bits per heavy atom. The first-order valence-corrected chi connectivity index (χ1v) is 8.38. The van der Waals surface area contributed by atoms with E-state index in [0.29, 0.717) is 5.56 Å². The summed E-state index contributed by atoms with van der Waals surface area (Å²) in [7, 11) is 1.43. The second-order valence-electron chi connectivity index (χ2n) is 4.52. The van der Waals surface area contributed by atoms with E-state index in [9.17, 15) is 9.90 Å². The van der Waals surface area contributed by atoms with Gasteiger partial charge in [-0.3, -0.25) is 0 Å². The molecule has 0 aliphatic heterocycles. The number of allylic oxidation sites excluding steroid dienone is 2. The van der Waals surface area contributed by atoms with Gasteiger partial charge in [-0.15, -0.1) is 11.3 Å². The maximum absolute atomic E-state index is 11.4. The van der Waals surface area contributed by atoms with E-state index in [1.165, 1.54) is 13.4 Å². The smallest absolute Gasteiger partial charge is 0.339 e. The summed E-state index contributed by atoms with van der Waals surface area (Å²) >= 11 is 5.07. The quantitative estimate of drug-likeness (QED) is 0.413. The summed E-state index contributed by atoms with van der Waals surface area (Å²) in [6.07, 6.45) is 8.93. The van der Waals surface area contributed by atoms with Gasteiger partial charge in [0.2, 0.25) is 0 Å². The van der Waals surface area contributed by atoms with Crippen molar-refractivity contribution in [3.05, 3.63) is 74.6 Å². The third-order valence-corrected chi connectivity index (χ3v) is 4.55. The van der Waals surface area contributed by atoms with Gasteiger partial charge in [0, 0.05) is 4.88 Å². The highest BCUT2D eigenvalue weighted by Gasteiger charge is 2.13. The van der Waals surface area contributed by atoms with Crippen LogP contribution in [0.4, 0.5) is 0 Å². The molecular formula is C18H15BrO3S. The average Bonchev–Trinajstić information content (AvgIpc) is 2.95. The molecule has 118 valence electrons. The van der Waals surface area contributed by atoms with Crippen LogP contribution in [0.15, 0.2) is 58.6 Å². The third-order valence-electron chi connectivity index (χ3n) is 2.96. The Balaban J connectivity index is 2.23. The molecule has 0 amide bonds. The molecule has 1 aromatic heterocycles. The summed E-state index contributed by atoms with van der Waals surface area (Å²) < 4.78 is 5.96. The van der Waals surface area contributed by atoms with Crippen LogP contribution < -0.4 is 0 Å². The van der Waals surface area contributed by atoms with Crippen molar-refractivity contribution in [1.82, 2.24) is 0 Å². The van der Waals surface area contributed by atoms with Crippen LogP contribution in [-0.2, 0) is 9.53 Å². The fourth-order valence-corrected chi connectivity index (χ4v) is 3.30. The topological polar surface area (TPSA) is 46.5 Å². The maximum Gasteiger partial charge on any atom is 0.339 e. The van der Waals surface area contributed by atoms with Crippen LogP contribution in [0.3, 0.4) is 0 Å². The number of hydrogen-bond donors (Lipinski definition) is 1. The van der Waals surface area contributed by atoms with E-state index in [1.54, 1.807) is 23.5 Å². The van der Waals surface area contributed by atoms with E-state index in [0.717, 1.165) is 14.2 Å². The number of benzene rings is 1. The van der Waals surface area contributed by atoms with Crippen LogP contribution in [0.25, 0.3) is 17.7 Å². The lowest BCUT2D eigenvalue weighted by Gasteiger charge is -2.06. The number of carbonyl (C=O) groups is 1. The lowest BCUT2D eigenvalue weighted by Crippen LogP contribution is -2.02. The average molecular weight is 391 g/mol. The predicted molar refractivity (Wildman–Crippen MR) is 99.2 cm³/mol. The predicted octanol–water partition coefficient (Wildman–Crippen LogP) is 5.31. The van der Waals surface area contributed by atoms with Crippen LogP contribution in [0.5, 0.6) is 0 Å². The van der Waals surface area contributed by atoms with Crippen LogP contribution >= 0.6 is 27.3 Å². The molecule has 1 N–H and O–H groups in total. The van der Waals surface area contributed by atoms with Gasteiger partial charge in [0.05, 0.1) is 17.2 Å². The number of carboxylic acids is 1. The summed E-state index contributed by atoms with van der Waals surface area (Å²) in [5, 5.41) is 9.32. The monoisotopic (exact) mass is 390 g/mol. The molecule has 2 aromatic rings. The third kappa shape index (κ3) is 4.94. The Morgan fingerprint density at radius 3 is 2.57 bits per heavy atom. The fraction of sp³-hybridized carbons (Fsp3) is 0.0556. The number of ether oxygens (including phenoxy) is 1. The van der Waals surface area contributed by atoms with Crippen molar-refractivity contribution in [3.63, 3.8) is 0 Å². The van der Waals surface area contributed by atoms with Crippen LogP contribution in [0.2, 0.25) is 0 Å². The maximum atomic E-state index is 11.4. The second-order valence-corrected chi connectivity index (χ2v) is 7.01. The summed E-state index contributed by atoms with van der Waals surface area (Å²) in [4.78, 5) is 12.5. The SMILES string of the molecule is CO/C=C(/C(=O)O)c1ccccc1/C=C/C=C/c1ccc(Br)s1. The first-order valence-electron chi connectivity index (χ1n) is 6.77. The molecule has 0 bridgehead atoms. The minimum Gasteiger partial charge on any atom is -0.503 e. The highest BCUT2D eigenvalue weighted by Crippen LogP contribution is 2.23. The van der Waals surface area contributed by atoms with Gasteiger partial charge in [0.15, 0.2) is 0 Å². The zero-order valence-corrected chi connectivity index (χ0v) is 14.8. The van der Waals surface area contributed by atoms with Gasteiger partial charge in [-0.1, -0.05) is 42.5 Å². The zero-order valence-electron chi connectivity index (χ0n) is 12.4. The molecule has 1 heterocycles. The van der Waals surface area contributed by atoms with Crippen molar-refractivity contribution in [2.75, 3.05) is 7.11 Å². The van der Waals surface area contributed by atoms with Gasteiger partial charge in [-0.25, -0.2) is 4.79 Å². The van der Waals surface area contributed by atoms with Crippen molar-refractivity contribution in [1.29, 1.82) is 0 Å². The van der Waals surface area contributed by atoms with Crippen molar-refractivity contribution in [2.45, 2.75) is 0 Å². The first kappa shape index (κ1) is 17.2. The van der Waals surface area contributed by atoms with Gasteiger partial charge in [-0.05, 0) is 45.3 Å². The molecule has 0 atom stereocenters. The standard InChI is InChI=1S/C18H15BrO3S/c1-22-12-16(18(20)21)15-9-5-3-7-13(15)6-2-4-8-14-10-11-17(19)23-14/h2-12H,1H3,(H,20,21)/b6-2+,8-4+,16-12+. The largest absolute Gasteiger partial charge is 0.503 e. The first-order chi connectivity index (χ1) is 11.1. The molecule has 0 saturated carbocycles. The Kier molecular flexibility index (Phi) is 6.38. The highest BCUT2D eigenvalue weighted by molar-refractivity contribution is 9.11. The van der Waals surface area contributed by atoms with Gasteiger partial charge < -0.3 is 9.84 Å². The molecular weight excluding hydrogens is 376 g/mol. The molecule has 0 aliphatic carbocycles. The Morgan fingerprint density at radius 1 is 1.17 bits per heavy atom. The van der Waals surface area contributed by atoms with E-state index in [2.05, 4.69) is 15.9 Å². The number of methoxy groups -OCH3 is 1. The molecule has 0 radical (unpaired) electrons. The second kappa shape index (κ2) is 8.50. The molecule has 1 aromatic carbocycles. The highest BCUT2D eigenvalue weighted by atomic mass is 79.9. The van der Waals surface area contributed by atoms with E-state index in [4.69, 9.17) is 4.74 Å². The van der Waals surface area contributed by atoms with E-state index in [-0.39, 0.29) is 5.57 Å². The van der Waals surface area contributed by atoms with Crippen molar-refractivity contribution in [2.24, 2.45) is 0 Å².